The highest BCUT2D eigenvalue weighted by Gasteiger charge is 2.10. The Hall–Kier alpha value is -1.04. The average Bonchev–Trinajstić information content (AvgIpc) is 2.34. The lowest BCUT2D eigenvalue weighted by molar-refractivity contribution is 0.0634. The number of nitrogens with zero attached hydrogens (tertiary/aromatic N) is 1. The van der Waals surface area contributed by atoms with Crippen LogP contribution in [-0.4, -0.2) is 37.7 Å². The number of hydrogen-bond acceptors (Lipinski definition) is 3. The number of ether oxygens (including phenoxy) is 1. The standard InChI is InChI=1S/C15H24F2N2O/c1-11(2)20-7-6-19(3)5-4-15(18)12-8-13(16)10-14(17)9-12/h8-11,15H,4-7,18H2,1-3H3. The zero-order valence-electron chi connectivity index (χ0n) is 12.4. The molecule has 1 aromatic rings. The number of halogens is 2. The largest absolute Gasteiger partial charge is 0.377 e. The van der Waals surface area contributed by atoms with Gasteiger partial charge in [0.2, 0.25) is 0 Å². The van der Waals surface area contributed by atoms with E-state index in [0.29, 0.717) is 18.6 Å². The maximum absolute atomic E-state index is 13.1. The first-order valence-corrected chi connectivity index (χ1v) is 6.90. The monoisotopic (exact) mass is 286 g/mol. The highest BCUT2D eigenvalue weighted by atomic mass is 19.1. The van der Waals surface area contributed by atoms with Crippen LogP contribution in [0.5, 0.6) is 0 Å². The van der Waals surface area contributed by atoms with Crippen LogP contribution in [-0.2, 0) is 4.74 Å². The molecule has 0 radical (unpaired) electrons. The van der Waals surface area contributed by atoms with E-state index in [2.05, 4.69) is 4.90 Å². The Morgan fingerprint density at radius 1 is 1.15 bits per heavy atom. The van der Waals surface area contributed by atoms with E-state index in [1.54, 1.807) is 0 Å². The highest BCUT2D eigenvalue weighted by Crippen LogP contribution is 2.17. The van der Waals surface area contributed by atoms with E-state index >= 15 is 0 Å². The lowest BCUT2D eigenvalue weighted by Crippen LogP contribution is -2.27. The molecule has 0 heterocycles. The molecule has 1 aromatic carbocycles. The van der Waals surface area contributed by atoms with Gasteiger partial charge in [0.15, 0.2) is 0 Å². The van der Waals surface area contributed by atoms with E-state index in [4.69, 9.17) is 10.5 Å². The summed E-state index contributed by atoms with van der Waals surface area (Å²) >= 11 is 0. The van der Waals surface area contributed by atoms with Gasteiger partial charge in [0, 0.05) is 18.7 Å². The second kappa shape index (κ2) is 8.29. The summed E-state index contributed by atoms with van der Waals surface area (Å²) in [5.41, 5.74) is 6.46. The average molecular weight is 286 g/mol. The molecule has 1 unspecified atom stereocenters. The van der Waals surface area contributed by atoms with Gasteiger partial charge in [-0.2, -0.15) is 0 Å². The molecule has 0 amide bonds. The Bertz CT molecular complexity index is 393. The topological polar surface area (TPSA) is 38.5 Å². The van der Waals surface area contributed by atoms with Crippen molar-refractivity contribution in [2.45, 2.75) is 32.4 Å². The van der Waals surface area contributed by atoms with Gasteiger partial charge in [-0.3, -0.25) is 0 Å². The third-order valence-corrected chi connectivity index (χ3v) is 3.06. The molecule has 2 N–H and O–H groups in total. The van der Waals surface area contributed by atoms with Crippen molar-refractivity contribution in [2.75, 3.05) is 26.7 Å². The first-order chi connectivity index (χ1) is 9.38. The molecule has 0 aromatic heterocycles. The predicted octanol–water partition coefficient (Wildman–Crippen LogP) is 2.71. The lowest BCUT2D eigenvalue weighted by atomic mass is 10.0. The molecule has 0 saturated carbocycles. The fourth-order valence-corrected chi connectivity index (χ4v) is 1.87. The van der Waals surface area contributed by atoms with Gasteiger partial charge in [0.1, 0.15) is 11.6 Å². The van der Waals surface area contributed by atoms with Crippen molar-refractivity contribution in [3.05, 3.63) is 35.4 Å². The van der Waals surface area contributed by atoms with Gasteiger partial charge in [-0.05, 0) is 51.6 Å². The number of hydrogen-bond donors (Lipinski definition) is 1. The normalized spacial score (nSPS) is 13.2. The Morgan fingerprint density at radius 3 is 2.30 bits per heavy atom. The highest BCUT2D eigenvalue weighted by molar-refractivity contribution is 5.21. The quantitative estimate of drug-likeness (QED) is 0.798. The van der Waals surface area contributed by atoms with Crippen LogP contribution >= 0.6 is 0 Å². The van der Waals surface area contributed by atoms with Crippen molar-refractivity contribution in [2.24, 2.45) is 5.73 Å². The van der Waals surface area contributed by atoms with Crippen LogP contribution in [0.2, 0.25) is 0 Å². The van der Waals surface area contributed by atoms with E-state index in [-0.39, 0.29) is 12.1 Å². The third kappa shape index (κ3) is 6.41. The Kier molecular flexibility index (Phi) is 7.05. The number of likely N-dealkylation sites (N-methyl/N-ethyl adjacent to an activating group) is 1. The Morgan fingerprint density at radius 2 is 1.75 bits per heavy atom. The number of benzene rings is 1. The summed E-state index contributed by atoms with van der Waals surface area (Å²) in [4.78, 5) is 2.10. The molecule has 0 aliphatic heterocycles. The molecule has 0 aliphatic rings. The van der Waals surface area contributed by atoms with Crippen LogP contribution in [0.4, 0.5) is 8.78 Å². The van der Waals surface area contributed by atoms with Crippen molar-refractivity contribution in [3.63, 3.8) is 0 Å². The third-order valence-electron chi connectivity index (χ3n) is 3.06. The maximum Gasteiger partial charge on any atom is 0.126 e. The van der Waals surface area contributed by atoms with Gasteiger partial charge in [-0.15, -0.1) is 0 Å². The molecular weight excluding hydrogens is 262 g/mol. The second-order valence-corrected chi connectivity index (χ2v) is 5.32. The molecule has 20 heavy (non-hydrogen) atoms. The first kappa shape index (κ1) is 17.0. The van der Waals surface area contributed by atoms with Gasteiger partial charge in [-0.25, -0.2) is 8.78 Å². The summed E-state index contributed by atoms with van der Waals surface area (Å²) in [6, 6.07) is 3.06. The molecule has 0 bridgehead atoms. The molecule has 114 valence electrons. The fourth-order valence-electron chi connectivity index (χ4n) is 1.87. The zero-order chi connectivity index (χ0) is 15.1. The van der Waals surface area contributed by atoms with Crippen LogP contribution in [0.3, 0.4) is 0 Å². The van der Waals surface area contributed by atoms with E-state index in [1.807, 2.05) is 20.9 Å². The molecule has 0 spiro atoms. The van der Waals surface area contributed by atoms with Crippen molar-refractivity contribution in [1.29, 1.82) is 0 Å². The minimum Gasteiger partial charge on any atom is -0.377 e. The predicted molar refractivity (Wildman–Crippen MR) is 76.5 cm³/mol. The summed E-state index contributed by atoms with van der Waals surface area (Å²) in [5.74, 6) is -1.18. The van der Waals surface area contributed by atoms with E-state index in [0.717, 1.165) is 19.2 Å². The summed E-state index contributed by atoms with van der Waals surface area (Å²) in [5, 5.41) is 0. The summed E-state index contributed by atoms with van der Waals surface area (Å²) in [6.45, 7) is 6.21. The molecule has 5 heteroatoms. The minimum atomic E-state index is -0.589. The molecule has 0 aliphatic carbocycles. The molecule has 1 atom stereocenters. The van der Waals surface area contributed by atoms with Crippen LogP contribution < -0.4 is 5.73 Å². The summed E-state index contributed by atoms with van der Waals surface area (Å²) < 4.78 is 31.7. The van der Waals surface area contributed by atoms with Crippen LogP contribution in [0, 0.1) is 11.6 Å². The Labute approximate surface area is 119 Å². The molecular formula is C15H24F2N2O. The minimum absolute atomic E-state index is 0.223. The first-order valence-electron chi connectivity index (χ1n) is 6.90. The van der Waals surface area contributed by atoms with Crippen LogP contribution in [0.25, 0.3) is 0 Å². The smallest absolute Gasteiger partial charge is 0.126 e. The van der Waals surface area contributed by atoms with E-state index in [1.165, 1.54) is 12.1 Å². The van der Waals surface area contributed by atoms with Crippen molar-refractivity contribution in [3.8, 4) is 0 Å². The second-order valence-electron chi connectivity index (χ2n) is 5.32. The zero-order valence-corrected chi connectivity index (χ0v) is 12.4. The molecule has 0 fully saturated rings. The van der Waals surface area contributed by atoms with Gasteiger partial charge in [-0.1, -0.05) is 0 Å². The Balaban J connectivity index is 2.36. The summed E-state index contributed by atoms with van der Waals surface area (Å²) in [7, 11) is 1.97. The SMILES string of the molecule is CC(C)OCCN(C)CCC(N)c1cc(F)cc(F)c1. The van der Waals surface area contributed by atoms with Gasteiger partial charge >= 0.3 is 0 Å². The molecule has 3 nitrogen and oxygen atoms in total. The molecule has 0 saturated heterocycles. The number of nitrogens with two attached hydrogens (primary N) is 1. The van der Waals surface area contributed by atoms with Crippen LogP contribution in [0.1, 0.15) is 31.9 Å². The van der Waals surface area contributed by atoms with Crippen molar-refractivity contribution >= 4 is 0 Å². The fraction of sp³-hybridized carbons (Fsp3) is 0.600. The lowest BCUT2D eigenvalue weighted by Gasteiger charge is -2.20. The van der Waals surface area contributed by atoms with Gasteiger partial charge < -0.3 is 15.4 Å². The van der Waals surface area contributed by atoms with Crippen molar-refractivity contribution < 1.29 is 13.5 Å². The van der Waals surface area contributed by atoms with Gasteiger partial charge in [0.25, 0.3) is 0 Å². The van der Waals surface area contributed by atoms with E-state index < -0.39 is 11.6 Å². The van der Waals surface area contributed by atoms with Crippen molar-refractivity contribution in [1.82, 2.24) is 4.90 Å². The molecule has 1 rings (SSSR count). The number of rotatable bonds is 8. The maximum atomic E-state index is 13.1. The van der Waals surface area contributed by atoms with Gasteiger partial charge in [0.05, 0.1) is 12.7 Å². The van der Waals surface area contributed by atoms with E-state index in [9.17, 15) is 8.78 Å². The summed E-state index contributed by atoms with van der Waals surface area (Å²) in [6.07, 6.45) is 0.863. The van der Waals surface area contributed by atoms with Crippen LogP contribution in [0.15, 0.2) is 18.2 Å².